The number of amides is 15. The van der Waals surface area contributed by atoms with Crippen molar-refractivity contribution in [2.75, 3.05) is 18.1 Å². The predicted molar refractivity (Wildman–Crippen MR) is 413 cm³/mol. The molecule has 9 rings (SSSR count). The smallest absolute Gasteiger partial charge is 0.305 e. The zero-order valence-corrected chi connectivity index (χ0v) is 64.0. The van der Waals surface area contributed by atoms with Gasteiger partial charge in [-0.3, -0.25) is 76.7 Å². The number of carboxylic acid groups (broad SMARTS) is 1. The van der Waals surface area contributed by atoms with Crippen molar-refractivity contribution in [1.82, 2.24) is 93.3 Å². The predicted octanol–water partition coefficient (Wildman–Crippen LogP) is -3.60. The molecular weight excluding hydrogens is 1520 g/mol. The number of nitrogens with one attached hydrogen (secondary N) is 15. The van der Waals surface area contributed by atoms with Gasteiger partial charge in [-0.1, -0.05) is 78.3 Å². The number of primary amides is 3. The highest BCUT2D eigenvalue weighted by Gasteiger charge is 2.42. The number of imidazole rings is 1. The Bertz CT molecular complexity index is 4740. The van der Waals surface area contributed by atoms with E-state index in [0.29, 0.717) is 77.5 Å². The van der Waals surface area contributed by atoms with Gasteiger partial charge in [-0.15, -0.1) is 0 Å². The van der Waals surface area contributed by atoms with Gasteiger partial charge in [-0.2, -0.15) is 0 Å². The number of aliphatic hydroxyl groups is 1. The Morgan fingerprint density at radius 1 is 0.588 bits per heavy atom. The quantitative estimate of drug-likeness (QED) is 0.0211. The minimum absolute atomic E-state index is 0.0465. The number of hydrogen-bond acceptors (Lipinski definition) is 21. The average Bonchev–Trinajstić information content (AvgIpc) is 1.64. The molecule has 0 bridgehead atoms. The molecule has 5 aromatic heterocycles. The van der Waals surface area contributed by atoms with Gasteiger partial charge < -0.3 is 111 Å². The minimum Gasteiger partial charge on any atom is -0.481 e. The molecule has 41 heteroatoms. The van der Waals surface area contributed by atoms with Crippen LogP contribution in [0.4, 0.5) is 0 Å². The van der Waals surface area contributed by atoms with Crippen LogP contribution in [-0.2, 0) is 102 Å². The number of pyridine rings is 1. The summed E-state index contributed by atoms with van der Waals surface area (Å²) in [5.74, 6) is -20.3. The highest BCUT2D eigenvalue weighted by Crippen LogP contribution is 2.27. The van der Waals surface area contributed by atoms with Crippen molar-refractivity contribution >= 4 is 149 Å². The van der Waals surface area contributed by atoms with Crippen molar-refractivity contribution in [2.45, 2.75) is 171 Å². The lowest BCUT2D eigenvalue weighted by molar-refractivity contribution is -0.142. The van der Waals surface area contributed by atoms with E-state index < -0.39 is 223 Å². The fraction of sp³-hybridized carbons (Fsp3) is 0.425. The number of carbonyl (C=O) groups excluding carboxylic acids is 15. The van der Waals surface area contributed by atoms with E-state index in [4.69, 9.17) is 17.2 Å². The maximum atomic E-state index is 15.3. The van der Waals surface area contributed by atoms with E-state index in [1.807, 2.05) is 0 Å². The second-order valence-electron chi connectivity index (χ2n) is 27.8. The molecule has 7 heterocycles. The zero-order valence-electron chi connectivity index (χ0n) is 62.3. The number of aliphatic carboxylic acids is 1. The molecule has 0 unspecified atom stereocenters. The zero-order chi connectivity index (χ0) is 82.6. The summed E-state index contributed by atoms with van der Waals surface area (Å²) in [6.07, 6.45) is 3.31. The van der Waals surface area contributed by atoms with Crippen LogP contribution in [0.1, 0.15) is 88.6 Å². The summed E-state index contributed by atoms with van der Waals surface area (Å²) in [5, 5.41) is 50.8. The number of aromatic nitrogens is 6. The molecule has 0 radical (unpaired) electrons. The van der Waals surface area contributed by atoms with Crippen LogP contribution in [0.25, 0.3) is 32.8 Å². The summed E-state index contributed by atoms with van der Waals surface area (Å²) in [7, 11) is 1.43. The van der Waals surface area contributed by atoms with Crippen molar-refractivity contribution in [1.29, 1.82) is 0 Å². The van der Waals surface area contributed by atoms with Gasteiger partial charge in [0.1, 0.15) is 78.1 Å². The summed E-state index contributed by atoms with van der Waals surface area (Å²) < 4.78 is 0. The normalized spacial score (nSPS) is 21.3. The van der Waals surface area contributed by atoms with Gasteiger partial charge in [-0.25, -0.2) is 9.97 Å². The molecule has 2 aromatic carbocycles. The fourth-order valence-electron chi connectivity index (χ4n) is 13.2. The second-order valence-corrected chi connectivity index (χ2v) is 30.3. The third-order valence-electron chi connectivity index (χ3n) is 19.3. The van der Waals surface area contributed by atoms with E-state index in [1.165, 1.54) is 37.5 Å². The van der Waals surface area contributed by atoms with Crippen LogP contribution < -0.4 is 75.7 Å². The standard InChI is InChI=1S/C73H91N21O18S2/c1-5-34(2)59(92-72(111)60(35(3)95)93-68(107)46(83-36(4)96)21-39-29-81-62-43(39)14-10-18-78-62)71(110)91-54-32-114-113-31-53(70(109)89-52(73(112)94-19-11-17-55(94)61(76)101)22-38-28-80-45-16-9-7-13-42(38)45)90-67(106)51(26-58(99)100)88-64(103)48(23-40-30-77-33-82-40)85-63(102)47(20-37-27-79-44-15-8-6-12-41(37)44)84-65(104)49(24-56(74)97)86-66(105)50(25-57(75)98)87-69(54)108/h6-10,12-16,18,27-30,33-35,46-55,59-60,79-80,95H,5,11,17,19-26,31-32H2,1-4H3,(H2,74,97)(H2,75,98)(H2,76,101)(H,77,82)(H,78,81)(H,83,96)(H,84,104)(H,85,102)(H,86,105)(H,87,108)(H,88,103)(H,89,109)(H,90,106)(H,91,110)(H,92,111)(H,93,107)(H,99,100)/t34-,35+,46-,47-,48-,49-,50-,51-,52-,53-,54-,55-,59-,60-/m0/s1. The third kappa shape index (κ3) is 22.9. The van der Waals surface area contributed by atoms with Gasteiger partial charge in [0.15, 0.2) is 0 Å². The van der Waals surface area contributed by atoms with Crippen LogP contribution in [-0.4, -0.2) is 236 Å². The summed E-state index contributed by atoms with van der Waals surface area (Å²) in [6, 6.07) is -3.82. The van der Waals surface area contributed by atoms with Gasteiger partial charge in [-0.05, 0) is 66.6 Å². The molecule has 39 nitrogen and oxygen atoms in total. The van der Waals surface area contributed by atoms with Crippen LogP contribution >= 0.6 is 21.6 Å². The Hall–Kier alpha value is -12.4. The van der Waals surface area contributed by atoms with Crippen molar-refractivity contribution in [3.63, 3.8) is 0 Å². The van der Waals surface area contributed by atoms with Crippen molar-refractivity contribution < 1.29 is 86.9 Å². The van der Waals surface area contributed by atoms with E-state index in [0.717, 1.165) is 6.92 Å². The second kappa shape index (κ2) is 39.7. The number of carboxylic acids is 1. The number of fused-ring (bicyclic) bond motifs is 3. The van der Waals surface area contributed by atoms with Gasteiger partial charge >= 0.3 is 5.97 Å². The molecule has 14 atom stereocenters. The lowest BCUT2D eigenvalue weighted by Crippen LogP contribution is -2.63. The number of carbonyl (C=O) groups is 16. The largest absolute Gasteiger partial charge is 0.481 e. The number of para-hydroxylation sites is 2. The molecule has 2 saturated heterocycles. The third-order valence-corrected chi connectivity index (χ3v) is 21.8. The number of nitrogens with two attached hydrogens (primary N) is 3. The van der Waals surface area contributed by atoms with Gasteiger partial charge in [0.25, 0.3) is 0 Å². The molecule has 0 spiro atoms. The number of likely N-dealkylation sites (tertiary alicyclic amines) is 1. The van der Waals surface area contributed by atoms with E-state index in [2.05, 4.69) is 88.4 Å². The maximum absolute atomic E-state index is 15.3. The minimum atomic E-state index is -2.10. The molecule has 23 N–H and O–H groups in total. The summed E-state index contributed by atoms with van der Waals surface area (Å²) in [5.41, 5.74) is 20.5. The molecule has 608 valence electrons. The number of aromatic amines is 4. The fourth-order valence-corrected chi connectivity index (χ4v) is 15.6. The van der Waals surface area contributed by atoms with Crippen molar-refractivity contribution in [2.24, 2.45) is 23.1 Å². The summed E-state index contributed by atoms with van der Waals surface area (Å²) in [4.78, 5) is 249. The number of nitrogens with zero attached hydrogens (tertiary/aromatic N) is 3. The molecule has 0 saturated carbocycles. The first-order valence-electron chi connectivity index (χ1n) is 36.5. The van der Waals surface area contributed by atoms with Crippen LogP contribution in [0.2, 0.25) is 0 Å². The van der Waals surface area contributed by atoms with Crippen molar-refractivity contribution in [3.05, 3.63) is 120 Å². The number of benzene rings is 2. The van der Waals surface area contributed by atoms with E-state index >= 15 is 24.0 Å². The maximum Gasteiger partial charge on any atom is 0.305 e. The van der Waals surface area contributed by atoms with Crippen LogP contribution in [0.5, 0.6) is 0 Å². The molecule has 7 aromatic rings. The Morgan fingerprint density at radius 3 is 1.72 bits per heavy atom. The van der Waals surface area contributed by atoms with Gasteiger partial charge in [0.2, 0.25) is 88.6 Å². The Balaban J connectivity index is 1.09. The van der Waals surface area contributed by atoms with Crippen LogP contribution in [0.15, 0.2) is 98.0 Å². The number of aliphatic hydroxyl groups excluding tert-OH is 1. The van der Waals surface area contributed by atoms with Gasteiger partial charge in [0, 0.05) is 115 Å². The van der Waals surface area contributed by atoms with Gasteiger partial charge in [0.05, 0.1) is 31.7 Å². The molecule has 2 aliphatic rings. The topological polar surface area (TPSA) is 616 Å². The summed E-state index contributed by atoms with van der Waals surface area (Å²) >= 11 is 0. The highest BCUT2D eigenvalue weighted by molar-refractivity contribution is 8.76. The Morgan fingerprint density at radius 2 is 1.12 bits per heavy atom. The summed E-state index contributed by atoms with van der Waals surface area (Å²) in [6.45, 7) is 5.54. The number of rotatable bonds is 28. The van der Waals surface area contributed by atoms with Crippen LogP contribution in [0.3, 0.4) is 0 Å². The van der Waals surface area contributed by atoms with E-state index in [-0.39, 0.29) is 37.9 Å². The molecule has 2 aliphatic heterocycles. The molecule has 15 amide bonds. The molecule has 0 aliphatic carbocycles. The lowest BCUT2D eigenvalue weighted by Gasteiger charge is -2.30. The number of hydrogen-bond donors (Lipinski definition) is 20. The monoisotopic (exact) mass is 1610 g/mol. The number of H-pyrrole nitrogens is 4. The first-order valence-corrected chi connectivity index (χ1v) is 38.9. The van der Waals surface area contributed by atoms with Crippen molar-refractivity contribution in [3.8, 4) is 0 Å². The molecule has 114 heavy (non-hydrogen) atoms. The van der Waals surface area contributed by atoms with E-state index in [9.17, 15) is 63.0 Å². The molecule has 2 fully saturated rings. The lowest BCUT2D eigenvalue weighted by atomic mass is 9.97. The Kier molecular flexibility index (Phi) is 29.8. The van der Waals surface area contributed by atoms with E-state index in [1.54, 1.807) is 86.2 Å². The Labute approximate surface area is 658 Å². The first-order chi connectivity index (χ1) is 54.4. The SMILES string of the molecule is CC[C@H](C)[C@H](NC(=O)[C@@H](NC(=O)[C@H](Cc1c[nH]c2ncccc12)NC(C)=O)[C@@H](C)O)C(=O)N[C@H]1CSSC[C@@H](C(=O)N[C@@H](Cc2c[nH]c3ccccc23)C(=O)N2CCC[C@H]2C(N)=O)NC(=O)[C@H](CC(=O)O)NC(=O)[C@H](Cc2cnc[nH]2)NC(=O)[C@H](Cc2c[nH]c3ccccc23)NC(=O)[C@H](CC(N)=O)NC(=O)[C@H](CC(N)=O)NC1=O. The highest BCUT2D eigenvalue weighted by atomic mass is 33.1. The van der Waals surface area contributed by atoms with Crippen LogP contribution in [0, 0.1) is 5.92 Å². The molecular formula is C73H91N21O18S2. The first kappa shape index (κ1) is 85.6. The average molecular weight is 1610 g/mol.